The zero-order chi connectivity index (χ0) is 13.5. The number of rotatable bonds is 7. The van der Waals surface area contributed by atoms with Crippen molar-refractivity contribution in [2.24, 2.45) is 0 Å². The zero-order valence-corrected chi connectivity index (χ0v) is 11.9. The highest BCUT2D eigenvalue weighted by atomic mass is 16.3. The molecule has 1 atom stereocenters. The predicted octanol–water partition coefficient (Wildman–Crippen LogP) is 1.61. The van der Waals surface area contributed by atoms with Crippen molar-refractivity contribution in [2.45, 2.75) is 45.6 Å². The molecule has 0 saturated carbocycles. The summed E-state index contributed by atoms with van der Waals surface area (Å²) in [4.78, 5) is 16.1. The molecule has 4 heteroatoms. The van der Waals surface area contributed by atoms with Crippen molar-refractivity contribution in [3.8, 4) is 0 Å². The molecule has 0 bridgehead atoms. The van der Waals surface area contributed by atoms with Crippen molar-refractivity contribution in [3.05, 3.63) is 11.8 Å². The molecule has 0 saturated heterocycles. The standard InChI is InChI=1S/C14H26N2O2/c1-4-16(13-7-5-6-8-13)14(18)11-15(3)10-9-12(2)17/h7,12,17H,4-6,8-11H2,1-3H3. The van der Waals surface area contributed by atoms with Gasteiger partial charge in [-0.15, -0.1) is 0 Å². The van der Waals surface area contributed by atoms with Crippen molar-refractivity contribution in [3.63, 3.8) is 0 Å². The highest BCUT2D eigenvalue weighted by Crippen LogP contribution is 2.21. The van der Waals surface area contributed by atoms with E-state index in [1.807, 2.05) is 23.8 Å². The van der Waals surface area contributed by atoms with Gasteiger partial charge in [0.1, 0.15) is 0 Å². The normalized spacial score (nSPS) is 16.8. The van der Waals surface area contributed by atoms with Gasteiger partial charge in [0.2, 0.25) is 5.91 Å². The highest BCUT2D eigenvalue weighted by molar-refractivity contribution is 5.80. The first-order valence-corrected chi connectivity index (χ1v) is 6.90. The first-order valence-electron chi connectivity index (χ1n) is 6.90. The second-order valence-electron chi connectivity index (χ2n) is 5.10. The molecular weight excluding hydrogens is 228 g/mol. The van der Waals surface area contributed by atoms with Crippen LogP contribution in [0.1, 0.15) is 39.5 Å². The van der Waals surface area contributed by atoms with Gasteiger partial charge in [-0.05, 0) is 46.6 Å². The molecule has 1 amide bonds. The Morgan fingerprint density at radius 1 is 1.56 bits per heavy atom. The van der Waals surface area contributed by atoms with Crippen molar-refractivity contribution in [1.29, 1.82) is 0 Å². The van der Waals surface area contributed by atoms with E-state index in [2.05, 4.69) is 6.08 Å². The van der Waals surface area contributed by atoms with Crippen LogP contribution in [0.2, 0.25) is 0 Å². The van der Waals surface area contributed by atoms with E-state index in [0.29, 0.717) is 13.0 Å². The third kappa shape index (κ3) is 4.78. The molecule has 0 radical (unpaired) electrons. The van der Waals surface area contributed by atoms with Crippen LogP contribution in [0.25, 0.3) is 0 Å². The third-order valence-electron chi connectivity index (χ3n) is 3.31. The van der Waals surface area contributed by atoms with Crippen LogP contribution in [0.15, 0.2) is 11.8 Å². The highest BCUT2D eigenvalue weighted by Gasteiger charge is 2.19. The maximum atomic E-state index is 12.2. The first-order chi connectivity index (χ1) is 8.54. The van der Waals surface area contributed by atoms with Gasteiger partial charge in [-0.1, -0.05) is 6.08 Å². The summed E-state index contributed by atoms with van der Waals surface area (Å²) in [5.74, 6) is 0.166. The summed E-state index contributed by atoms with van der Waals surface area (Å²) < 4.78 is 0. The molecule has 0 aliphatic heterocycles. The average Bonchev–Trinajstić information content (AvgIpc) is 2.81. The molecule has 4 nitrogen and oxygen atoms in total. The van der Waals surface area contributed by atoms with Crippen LogP contribution >= 0.6 is 0 Å². The number of aliphatic hydroxyl groups excluding tert-OH is 1. The number of amides is 1. The fourth-order valence-corrected chi connectivity index (χ4v) is 2.24. The number of aliphatic hydroxyl groups is 1. The molecular formula is C14H26N2O2. The summed E-state index contributed by atoms with van der Waals surface area (Å²) in [5, 5.41) is 9.23. The molecule has 1 N–H and O–H groups in total. The van der Waals surface area contributed by atoms with Gasteiger partial charge in [0.05, 0.1) is 12.6 Å². The maximum Gasteiger partial charge on any atom is 0.240 e. The van der Waals surface area contributed by atoms with E-state index in [9.17, 15) is 9.90 Å². The van der Waals surface area contributed by atoms with E-state index < -0.39 is 0 Å². The number of hydrogen-bond acceptors (Lipinski definition) is 3. The molecule has 0 spiro atoms. The Bertz CT molecular complexity index is 300. The van der Waals surface area contributed by atoms with Gasteiger partial charge in [-0.2, -0.15) is 0 Å². The van der Waals surface area contributed by atoms with Crippen molar-refractivity contribution in [2.75, 3.05) is 26.7 Å². The second-order valence-corrected chi connectivity index (χ2v) is 5.10. The minimum Gasteiger partial charge on any atom is -0.393 e. The summed E-state index contributed by atoms with van der Waals surface area (Å²) in [6, 6.07) is 0. The SMILES string of the molecule is CCN(C(=O)CN(C)CCC(C)O)C1=CCCC1. The third-order valence-corrected chi connectivity index (χ3v) is 3.31. The molecule has 0 aromatic carbocycles. The van der Waals surface area contributed by atoms with Crippen LogP contribution in [0, 0.1) is 0 Å². The first kappa shape index (κ1) is 15.2. The van der Waals surface area contributed by atoms with E-state index in [4.69, 9.17) is 0 Å². The summed E-state index contributed by atoms with van der Waals surface area (Å²) in [5.41, 5.74) is 1.19. The quantitative estimate of drug-likeness (QED) is 0.750. The van der Waals surface area contributed by atoms with E-state index in [1.165, 1.54) is 5.70 Å². The topological polar surface area (TPSA) is 43.8 Å². The Labute approximate surface area is 110 Å². The molecule has 1 rings (SSSR count). The fraction of sp³-hybridized carbons (Fsp3) is 0.786. The number of hydrogen-bond donors (Lipinski definition) is 1. The van der Waals surface area contributed by atoms with Crippen molar-refractivity contribution in [1.82, 2.24) is 9.80 Å². The smallest absolute Gasteiger partial charge is 0.240 e. The summed E-state index contributed by atoms with van der Waals surface area (Å²) in [6.45, 7) is 5.72. The lowest BCUT2D eigenvalue weighted by Gasteiger charge is -2.25. The van der Waals surface area contributed by atoms with Crippen molar-refractivity contribution >= 4 is 5.91 Å². The monoisotopic (exact) mass is 254 g/mol. The summed E-state index contributed by atoms with van der Waals surface area (Å²) in [6.07, 6.45) is 5.86. The molecule has 1 aliphatic rings. The van der Waals surface area contributed by atoms with Gasteiger partial charge in [-0.3, -0.25) is 9.69 Å². The van der Waals surface area contributed by atoms with Crippen LogP contribution in [0.5, 0.6) is 0 Å². The van der Waals surface area contributed by atoms with Crippen LogP contribution in [0.4, 0.5) is 0 Å². The lowest BCUT2D eigenvalue weighted by Crippen LogP contribution is -2.38. The summed E-state index contributed by atoms with van der Waals surface area (Å²) >= 11 is 0. The Balaban J connectivity index is 2.42. The fourth-order valence-electron chi connectivity index (χ4n) is 2.24. The Kier molecular flexibility index (Phi) is 6.36. The summed E-state index contributed by atoms with van der Waals surface area (Å²) in [7, 11) is 1.93. The lowest BCUT2D eigenvalue weighted by atomic mass is 10.2. The average molecular weight is 254 g/mol. The second kappa shape index (κ2) is 7.54. The molecule has 1 aliphatic carbocycles. The van der Waals surface area contributed by atoms with Gasteiger partial charge in [0.25, 0.3) is 0 Å². The van der Waals surface area contributed by atoms with Crippen LogP contribution in [-0.2, 0) is 4.79 Å². The molecule has 18 heavy (non-hydrogen) atoms. The van der Waals surface area contributed by atoms with Gasteiger partial charge < -0.3 is 10.0 Å². The minimum atomic E-state index is -0.303. The molecule has 0 aromatic rings. The molecule has 0 heterocycles. The Morgan fingerprint density at radius 3 is 2.78 bits per heavy atom. The number of nitrogens with zero attached hydrogens (tertiary/aromatic N) is 2. The van der Waals surface area contributed by atoms with E-state index in [-0.39, 0.29) is 12.0 Å². The zero-order valence-electron chi connectivity index (χ0n) is 11.9. The van der Waals surface area contributed by atoms with Crippen LogP contribution in [0.3, 0.4) is 0 Å². The number of carbonyl (C=O) groups is 1. The van der Waals surface area contributed by atoms with Crippen molar-refractivity contribution < 1.29 is 9.90 Å². The molecule has 0 fully saturated rings. The van der Waals surface area contributed by atoms with Gasteiger partial charge in [0, 0.05) is 18.8 Å². The number of likely N-dealkylation sites (N-methyl/N-ethyl adjacent to an activating group) is 2. The van der Waals surface area contributed by atoms with Gasteiger partial charge in [0.15, 0.2) is 0 Å². The number of allylic oxidation sites excluding steroid dienone is 2. The van der Waals surface area contributed by atoms with Crippen LogP contribution in [-0.4, -0.2) is 53.6 Å². The molecule has 104 valence electrons. The minimum absolute atomic E-state index is 0.166. The molecule has 0 aromatic heterocycles. The van der Waals surface area contributed by atoms with E-state index in [1.54, 1.807) is 6.92 Å². The van der Waals surface area contributed by atoms with Gasteiger partial charge >= 0.3 is 0 Å². The maximum absolute atomic E-state index is 12.2. The Hall–Kier alpha value is -0.870. The molecule has 1 unspecified atom stereocenters. The largest absolute Gasteiger partial charge is 0.393 e. The lowest BCUT2D eigenvalue weighted by molar-refractivity contribution is -0.130. The van der Waals surface area contributed by atoms with Gasteiger partial charge in [-0.25, -0.2) is 0 Å². The Morgan fingerprint density at radius 2 is 2.28 bits per heavy atom. The number of carbonyl (C=O) groups excluding carboxylic acids is 1. The van der Waals surface area contributed by atoms with Crippen LogP contribution < -0.4 is 0 Å². The van der Waals surface area contributed by atoms with E-state index in [0.717, 1.165) is 32.4 Å². The van der Waals surface area contributed by atoms with E-state index >= 15 is 0 Å². The predicted molar refractivity (Wildman–Crippen MR) is 73.1 cm³/mol.